The normalized spacial score (nSPS) is 19.2. The van der Waals surface area contributed by atoms with Crippen LogP contribution in [0, 0.1) is 0 Å². The Morgan fingerprint density at radius 1 is 1.40 bits per heavy atom. The van der Waals surface area contributed by atoms with Crippen LogP contribution in [0.25, 0.3) is 0 Å². The van der Waals surface area contributed by atoms with E-state index in [4.69, 9.17) is 0 Å². The summed E-state index contributed by atoms with van der Waals surface area (Å²) in [5.41, 5.74) is 1.08. The van der Waals surface area contributed by atoms with Crippen molar-refractivity contribution in [3.8, 4) is 0 Å². The van der Waals surface area contributed by atoms with Crippen molar-refractivity contribution in [3.05, 3.63) is 24.0 Å². The molecule has 0 aliphatic heterocycles. The van der Waals surface area contributed by atoms with E-state index in [1.165, 1.54) is 6.42 Å². The Morgan fingerprint density at radius 3 is 2.70 bits per heavy atom. The van der Waals surface area contributed by atoms with E-state index in [0.29, 0.717) is 5.76 Å². The van der Waals surface area contributed by atoms with Gasteiger partial charge in [0.25, 0.3) is 0 Å². The Balaban J connectivity index is 2.58. The van der Waals surface area contributed by atoms with Crippen LogP contribution in [-0.2, 0) is 5.11 Å². The lowest BCUT2D eigenvalue weighted by molar-refractivity contribution is 0.261. The number of hydrogen-bond acceptors (Lipinski definition) is 0. The number of allylic oxidation sites excluding steroid dienone is 3. The molecule has 55 valence electrons. The highest BCUT2D eigenvalue weighted by atomic mass is 16.3. The van der Waals surface area contributed by atoms with E-state index in [1.54, 1.807) is 0 Å². The smallest absolute Gasteiger partial charge is 0.155 e. The zero-order valence-corrected chi connectivity index (χ0v) is 6.23. The zero-order valence-electron chi connectivity index (χ0n) is 6.23. The summed E-state index contributed by atoms with van der Waals surface area (Å²) in [4.78, 5) is 0. The summed E-state index contributed by atoms with van der Waals surface area (Å²) in [5.74, 6) is 0.367. The van der Waals surface area contributed by atoms with Crippen molar-refractivity contribution in [3.63, 3.8) is 0 Å². The first-order valence-electron chi connectivity index (χ1n) is 3.83. The first kappa shape index (κ1) is 7.39. The second kappa shape index (κ2) is 3.45. The van der Waals surface area contributed by atoms with Gasteiger partial charge in [0.2, 0.25) is 0 Å². The van der Waals surface area contributed by atoms with E-state index in [-0.39, 0.29) is 0 Å². The molecule has 1 rings (SSSR count). The predicted molar refractivity (Wildman–Crippen MR) is 41.0 cm³/mol. The minimum absolute atomic E-state index is 0.367. The molecule has 0 spiro atoms. The van der Waals surface area contributed by atoms with Crippen LogP contribution in [0.3, 0.4) is 0 Å². The molecule has 10 heavy (non-hydrogen) atoms. The molecule has 0 aromatic heterocycles. The third kappa shape index (κ3) is 1.63. The molecule has 1 aliphatic rings. The molecule has 0 heterocycles. The Morgan fingerprint density at radius 2 is 2.10 bits per heavy atom. The van der Waals surface area contributed by atoms with Crippen LogP contribution in [0.2, 0.25) is 0 Å². The van der Waals surface area contributed by atoms with Gasteiger partial charge in [-0.15, -0.1) is 6.58 Å². The Labute approximate surface area is 62.1 Å². The van der Waals surface area contributed by atoms with Crippen molar-refractivity contribution in [1.29, 1.82) is 0 Å². The fraction of sp³-hybridized carbons (Fsp3) is 0.556. The highest BCUT2D eigenvalue weighted by Crippen LogP contribution is 2.25. The minimum atomic E-state index is 0.367. The molecule has 0 aromatic carbocycles. The van der Waals surface area contributed by atoms with Crippen LogP contribution in [0.15, 0.2) is 24.0 Å². The maximum absolute atomic E-state index is 11.1. The fourth-order valence-electron chi connectivity index (χ4n) is 1.33. The minimum Gasteiger partial charge on any atom is -0.295 e. The molecule has 1 heteroatoms. The molecule has 1 nitrogen and oxygen atoms in total. The molecule has 1 aliphatic carbocycles. The Bertz CT molecular complexity index is 156. The van der Waals surface area contributed by atoms with Gasteiger partial charge in [0.1, 0.15) is 0 Å². The molecule has 0 bridgehead atoms. The van der Waals surface area contributed by atoms with Crippen molar-refractivity contribution in [2.75, 3.05) is 0 Å². The van der Waals surface area contributed by atoms with Crippen LogP contribution in [0.1, 0.15) is 32.1 Å². The van der Waals surface area contributed by atoms with E-state index in [9.17, 15) is 5.11 Å². The average Bonchev–Trinajstić information content (AvgIpc) is 1.94. The van der Waals surface area contributed by atoms with Crippen molar-refractivity contribution in [2.24, 2.45) is 0 Å². The van der Waals surface area contributed by atoms with E-state index in [2.05, 4.69) is 6.58 Å². The summed E-state index contributed by atoms with van der Waals surface area (Å²) in [6.07, 6.45) is 6.67. The quantitative estimate of drug-likeness (QED) is 0.521. The molecule has 0 saturated heterocycles. The van der Waals surface area contributed by atoms with E-state index < -0.39 is 0 Å². The maximum Gasteiger partial charge on any atom is 0.155 e. The topological polar surface area (TPSA) is 19.9 Å². The molecular weight excluding hydrogens is 124 g/mol. The van der Waals surface area contributed by atoms with Crippen LogP contribution >= 0.6 is 0 Å². The van der Waals surface area contributed by atoms with Gasteiger partial charge in [-0.1, -0.05) is 6.08 Å². The summed E-state index contributed by atoms with van der Waals surface area (Å²) >= 11 is 0. The van der Waals surface area contributed by atoms with Crippen molar-refractivity contribution in [2.45, 2.75) is 32.1 Å². The van der Waals surface area contributed by atoms with Crippen LogP contribution < -0.4 is 0 Å². The first-order chi connectivity index (χ1) is 4.84. The number of rotatable bonds is 2. The SMILES string of the molecule is C=CCC1=C([O])CCCC1. The third-order valence-electron chi connectivity index (χ3n) is 1.92. The van der Waals surface area contributed by atoms with Crippen LogP contribution in [-0.4, -0.2) is 0 Å². The predicted octanol–water partition coefficient (Wildman–Crippen LogP) is 2.82. The average molecular weight is 137 g/mol. The first-order valence-corrected chi connectivity index (χ1v) is 3.83. The Hall–Kier alpha value is -0.720. The molecule has 0 fully saturated rings. The van der Waals surface area contributed by atoms with Crippen LogP contribution in [0.4, 0.5) is 0 Å². The van der Waals surface area contributed by atoms with Gasteiger partial charge in [0, 0.05) is 6.42 Å². The highest BCUT2D eigenvalue weighted by molar-refractivity contribution is 5.13. The monoisotopic (exact) mass is 137 g/mol. The van der Waals surface area contributed by atoms with E-state index >= 15 is 0 Å². The van der Waals surface area contributed by atoms with Crippen molar-refractivity contribution < 1.29 is 5.11 Å². The molecule has 0 atom stereocenters. The molecule has 1 radical (unpaired) electrons. The molecule has 0 saturated carbocycles. The summed E-state index contributed by atoms with van der Waals surface area (Å²) in [6, 6.07) is 0. The van der Waals surface area contributed by atoms with Gasteiger partial charge in [0.15, 0.2) is 5.76 Å². The second-order valence-electron chi connectivity index (χ2n) is 2.73. The summed E-state index contributed by atoms with van der Waals surface area (Å²) in [7, 11) is 0. The molecule has 0 amide bonds. The third-order valence-corrected chi connectivity index (χ3v) is 1.92. The van der Waals surface area contributed by atoms with Gasteiger partial charge in [-0.3, -0.25) is 5.11 Å². The van der Waals surface area contributed by atoms with Gasteiger partial charge >= 0.3 is 0 Å². The lowest BCUT2D eigenvalue weighted by Crippen LogP contribution is -1.97. The molecule has 0 aromatic rings. The van der Waals surface area contributed by atoms with Crippen molar-refractivity contribution >= 4 is 0 Å². The highest BCUT2D eigenvalue weighted by Gasteiger charge is 2.11. The molecular formula is C9H13O. The van der Waals surface area contributed by atoms with E-state index in [1.807, 2.05) is 6.08 Å². The zero-order chi connectivity index (χ0) is 7.40. The lowest BCUT2D eigenvalue weighted by Gasteiger charge is -2.11. The van der Waals surface area contributed by atoms with Gasteiger partial charge in [-0.25, -0.2) is 0 Å². The van der Waals surface area contributed by atoms with Crippen molar-refractivity contribution in [1.82, 2.24) is 0 Å². The van der Waals surface area contributed by atoms with Gasteiger partial charge < -0.3 is 0 Å². The van der Waals surface area contributed by atoms with Gasteiger partial charge in [0.05, 0.1) is 0 Å². The molecule has 0 N–H and O–H groups in total. The fourth-order valence-corrected chi connectivity index (χ4v) is 1.33. The van der Waals surface area contributed by atoms with Gasteiger partial charge in [-0.05, 0) is 31.3 Å². The van der Waals surface area contributed by atoms with Gasteiger partial charge in [-0.2, -0.15) is 0 Å². The van der Waals surface area contributed by atoms with Crippen LogP contribution in [0.5, 0.6) is 0 Å². The van der Waals surface area contributed by atoms with E-state index in [0.717, 1.165) is 31.3 Å². The lowest BCUT2D eigenvalue weighted by atomic mass is 9.96. The summed E-state index contributed by atoms with van der Waals surface area (Å²) in [6.45, 7) is 3.62. The summed E-state index contributed by atoms with van der Waals surface area (Å²) in [5, 5.41) is 11.1. The second-order valence-corrected chi connectivity index (χ2v) is 2.73. The standard InChI is InChI=1S/C9H13O/c1-2-5-8-6-3-4-7-9(8)10/h2H,1,3-7H2. The maximum atomic E-state index is 11.1. The number of hydrogen-bond donors (Lipinski definition) is 0. The largest absolute Gasteiger partial charge is 0.295 e. The Kier molecular flexibility index (Phi) is 2.55. The summed E-state index contributed by atoms with van der Waals surface area (Å²) < 4.78 is 0. The molecule has 0 unspecified atom stereocenters.